The summed E-state index contributed by atoms with van der Waals surface area (Å²) < 4.78 is 0. The van der Waals surface area contributed by atoms with Crippen LogP contribution in [0.1, 0.15) is 42.9 Å². The molecule has 0 fully saturated rings. The molecule has 0 saturated heterocycles. The second-order valence-corrected chi connectivity index (χ2v) is 4.43. The Kier molecular flexibility index (Phi) is 2.45. The van der Waals surface area contributed by atoms with E-state index in [0.29, 0.717) is 0 Å². The monoisotopic (exact) mass is 186 g/mol. The Morgan fingerprint density at radius 2 is 1.79 bits per heavy atom. The lowest BCUT2D eigenvalue weighted by atomic mass is 9.96. The van der Waals surface area contributed by atoms with Gasteiger partial charge in [-0.3, -0.25) is 0 Å². The van der Waals surface area contributed by atoms with Crippen LogP contribution >= 0.6 is 0 Å². The van der Waals surface area contributed by atoms with Crippen LogP contribution in [-0.2, 0) is 0 Å². The molecule has 0 aromatic heterocycles. The molecule has 0 bridgehead atoms. The second kappa shape index (κ2) is 3.61. The predicted molar refractivity (Wildman–Crippen MR) is 62.4 cm³/mol. The highest BCUT2D eigenvalue weighted by Gasteiger charge is 2.13. The molecule has 0 heterocycles. The van der Waals surface area contributed by atoms with Crippen LogP contribution in [0.3, 0.4) is 0 Å². The van der Waals surface area contributed by atoms with Crippen molar-refractivity contribution < 1.29 is 0 Å². The molecular weight excluding hydrogens is 168 g/mol. The van der Waals surface area contributed by atoms with Gasteiger partial charge in [0.25, 0.3) is 0 Å². The second-order valence-electron chi connectivity index (χ2n) is 4.43. The van der Waals surface area contributed by atoms with E-state index in [-0.39, 0.29) is 0 Å². The van der Waals surface area contributed by atoms with Crippen LogP contribution in [0, 0.1) is 13.8 Å². The van der Waals surface area contributed by atoms with Gasteiger partial charge < -0.3 is 0 Å². The molecule has 0 saturated carbocycles. The first-order chi connectivity index (χ1) is 6.68. The molecule has 14 heavy (non-hydrogen) atoms. The third-order valence-electron chi connectivity index (χ3n) is 3.20. The van der Waals surface area contributed by atoms with Gasteiger partial charge in [0.15, 0.2) is 0 Å². The molecule has 0 atom stereocenters. The van der Waals surface area contributed by atoms with Crippen molar-refractivity contribution in [3.05, 3.63) is 40.5 Å². The van der Waals surface area contributed by atoms with Crippen LogP contribution in [0.4, 0.5) is 0 Å². The number of hydrogen-bond donors (Lipinski definition) is 0. The molecule has 2 rings (SSSR count). The number of rotatable bonds is 1. The van der Waals surface area contributed by atoms with Gasteiger partial charge in [0.05, 0.1) is 0 Å². The van der Waals surface area contributed by atoms with E-state index >= 15 is 0 Å². The number of aryl methyl sites for hydroxylation is 2. The first kappa shape index (κ1) is 9.51. The summed E-state index contributed by atoms with van der Waals surface area (Å²) in [6.45, 7) is 6.66. The molecule has 1 aromatic carbocycles. The lowest BCUT2D eigenvalue weighted by molar-refractivity contribution is 0.910. The van der Waals surface area contributed by atoms with Crippen molar-refractivity contribution in [3.8, 4) is 0 Å². The van der Waals surface area contributed by atoms with Crippen LogP contribution in [0.15, 0.2) is 23.8 Å². The minimum absolute atomic E-state index is 1.27. The van der Waals surface area contributed by atoms with Crippen LogP contribution < -0.4 is 0 Å². The van der Waals surface area contributed by atoms with Crippen LogP contribution in [-0.4, -0.2) is 0 Å². The molecule has 0 amide bonds. The average Bonchev–Trinajstić information content (AvgIpc) is 2.52. The van der Waals surface area contributed by atoms with Gasteiger partial charge in [0.1, 0.15) is 0 Å². The maximum Gasteiger partial charge on any atom is -0.0196 e. The summed E-state index contributed by atoms with van der Waals surface area (Å²) in [5, 5.41) is 0. The molecule has 0 N–H and O–H groups in total. The van der Waals surface area contributed by atoms with E-state index in [0.717, 1.165) is 0 Å². The van der Waals surface area contributed by atoms with E-state index in [4.69, 9.17) is 0 Å². The maximum absolute atomic E-state index is 2.29. The quantitative estimate of drug-likeness (QED) is 0.614. The average molecular weight is 186 g/mol. The molecule has 74 valence electrons. The van der Waals surface area contributed by atoms with Crippen LogP contribution in [0.2, 0.25) is 0 Å². The summed E-state index contributed by atoms with van der Waals surface area (Å²) in [5.41, 5.74) is 7.47. The van der Waals surface area contributed by atoms with E-state index < -0.39 is 0 Å². The van der Waals surface area contributed by atoms with Crippen LogP contribution in [0.5, 0.6) is 0 Å². The van der Waals surface area contributed by atoms with Gasteiger partial charge in [-0.2, -0.15) is 0 Å². The summed E-state index contributed by atoms with van der Waals surface area (Å²) in [7, 11) is 0. The highest BCUT2D eigenvalue weighted by molar-refractivity contribution is 5.72. The largest absolute Gasteiger partial charge is 0.0695 e. The zero-order chi connectivity index (χ0) is 10.1. The Bertz CT molecular complexity index is 383. The van der Waals surface area contributed by atoms with Gasteiger partial charge in [-0.25, -0.2) is 0 Å². The highest BCUT2D eigenvalue weighted by atomic mass is 14.2. The molecule has 1 aliphatic carbocycles. The Morgan fingerprint density at radius 1 is 1.00 bits per heavy atom. The van der Waals surface area contributed by atoms with Crippen LogP contribution in [0.25, 0.3) is 5.57 Å². The van der Waals surface area contributed by atoms with E-state index in [1.165, 1.54) is 36.0 Å². The molecule has 1 aliphatic rings. The Balaban J connectivity index is 2.46. The molecule has 0 spiro atoms. The maximum atomic E-state index is 2.29. The fourth-order valence-electron chi connectivity index (χ4n) is 2.41. The summed E-state index contributed by atoms with van der Waals surface area (Å²) in [5.74, 6) is 0. The van der Waals surface area contributed by atoms with Crippen molar-refractivity contribution in [2.75, 3.05) is 0 Å². The molecule has 0 heteroatoms. The van der Waals surface area contributed by atoms with Crippen molar-refractivity contribution in [3.63, 3.8) is 0 Å². The first-order valence-corrected chi connectivity index (χ1v) is 5.45. The fourth-order valence-corrected chi connectivity index (χ4v) is 2.41. The molecule has 0 unspecified atom stereocenters. The van der Waals surface area contributed by atoms with Crippen molar-refractivity contribution in [2.24, 2.45) is 0 Å². The van der Waals surface area contributed by atoms with Gasteiger partial charge in [-0.1, -0.05) is 29.3 Å². The predicted octanol–water partition coefficient (Wildman–Crippen LogP) is 4.26. The number of hydrogen-bond acceptors (Lipinski definition) is 0. The van der Waals surface area contributed by atoms with Crippen molar-refractivity contribution in [1.82, 2.24) is 0 Å². The van der Waals surface area contributed by atoms with Gasteiger partial charge >= 0.3 is 0 Å². The summed E-state index contributed by atoms with van der Waals surface area (Å²) in [4.78, 5) is 0. The third-order valence-corrected chi connectivity index (χ3v) is 3.20. The lowest BCUT2D eigenvalue weighted by Gasteiger charge is -2.09. The smallest absolute Gasteiger partial charge is 0.0196 e. The minimum Gasteiger partial charge on any atom is -0.0695 e. The fraction of sp³-hybridized carbons (Fsp3) is 0.429. The van der Waals surface area contributed by atoms with Gasteiger partial charge in [0.2, 0.25) is 0 Å². The molecule has 0 aliphatic heterocycles. The van der Waals surface area contributed by atoms with Gasteiger partial charge in [0, 0.05) is 0 Å². The van der Waals surface area contributed by atoms with E-state index in [2.05, 4.69) is 39.0 Å². The third kappa shape index (κ3) is 1.61. The van der Waals surface area contributed by atoms with E-state index in [1.54, 1.807) is 11.1 Å². The molecule has 0 radical (unpaired) electrons. The summed E-state index contributed by atoms with van der Waals surface area (Å²) in [6, 6.07) is 6.80. The molecule has 0 nitrogen and oxygen atoms in total. The number of allylic oxidation sites excluding steroid dienone is 2. The van der Waals surface area contributed by atoms with Gasteiger partial charge in [-0.05, 0) is 56.7 Å². The van der Waals surface area contributed by atoms with Gasteiger partial charge in [-0.15, -0.1) is 0 Å². The highest BCUT2D eigenvalue weighted by Crippen LogP contribution is 2.34. The Labute approximate surface area is 86.7 Å². The minimum atomic E-state index is 1.27. The topological polar surface area (TPSA) is 0 Å². The van der Waals surface area contributed by atoms with Crippen molar-refractivity contribution in [2.45, 2.75) is 40.0 Å². The molecule has 1 aromatic rings. The summed E-state index contributed by atoms with van der Waals surface area (Å²) >= 11 is 0. The zero-order valence-corrected chi connectivity index (χ0v) is 9.35. The summed E-state index contributed by atoms with van der Waals surface area (Å²) in [6.07, 6.45) is 3.91. The normalized spacial score (nSPS) is 16.5. The first-order valence-electron chi connectivity index (χ1n) is 5.45. The Morgan fingerprint density at radius 3 is 2.36 bits per heavy atom. The van der Waals surface area contributed by atoms with Crippen molar-refractivity contribution >= 4 is 5.57 Å². The van der Waals surface area contributed by atoms with E-state index in [9.17, 15) is 0 Å². The Hall–Kier alpha value is -1.04. The van der Waals surface area contributed by atoms with E-state index in [1.807, 2.05) is 0 Å². The number of benzene rings is 1. The SMILES string of the molecule is CC1=C(c2ccc(C)cc2C)CCC1. The zero-order valence-electron chi connectivity index (χ0n) is 9.35. The standard InChI is InChI=1S/C14H18/c1-10-7-8-14(12(3)9-10)13-6-4-5-11(13)2/h7-9H,4-6H2,1-3H3. The molecular formula is C14H18. The van der Waals surface area contributed by atoms with Crippen molar-refractivity contribution in [1.29, 1.82) is 0 Å². The lowest BCUT2D eigenvalue weighted by Crippen LogP contribution is -1.88.